The minimum atomic E-state index is -0.958. The molecule has 0 saturated carbocycles. The van der Waals surface area contributed by atoms with E-state index >= 15 is 0 Å². The molecule has 0 aromatic heterocycles. The average Bonchev–Trinajstić information content (AvgIpc) is 1.55. The van der Waals surface area contributed by atoms with Gasteiger partial charge in [0.15, 0.2) is 0 Å². The lowest BCUT2D eigenvalue weighted by Crippen LogP contribution is -2.15. The lowest BCUT2D eigenvalue weighted by atomic mass is 10.3. The molecule has 11 heavy (non-hydrogen) atoms. The van der Waals surface area contributed by atoms with Crippen LogP contribution in [0.1, 0.15) is 20.8 Å². The van der Waals surface area contributed by atoms with Crippen LogP contribution in [0.25, 0.3) is 0 Å². The third-order valence-corrected chi connectivity index (χ3v) is 3.38. The van der Waals surface area contributed by atoms with Crippen LogP contribution in [-0.2, 0) is 0 Å². The molecular weight excluding hydrogens is 168 g/mol. The van der Waals surface area contributed by atoms with Crippen LogP contribution in [0.15, 0.2) is 11.1 Å². The summed E-state index contributed by atoms with van der Waals surface area (Å²) < 4.78 is 0.371. The second kappa shape index (κ2) is 3.81. The maximum atomic E-state index is 2.39. The van der Waals surface area contributed by atoms with Crippen LogP contribution in [0.4, 0.5) is 0 Å². The highest BCUT2D eigenvalue weighted by atomic mass is 32.2. The van der Waals surface area contributed by atoms with Crippen LogP contribution in [0.2, 0.25) is 19.6 Å². The maximum Gasteiger partial charge on any atom is 0.0693 e. The Balaban J connectivity index is 3.80. The van der Waals surface area contributed by atoms with Gasteiger partial charge in [0.05, 0.1) is 8.07 Å². The summed E-state index contributed by atoms with van der Waals surface area (Å²) in [5.41, 5.74) is 2.39. The van der Waals surface area contributed by atoms with E-state index in [0.717, 1.165) is 0 Å². The minimum Gasteiger partial charge on any atom is -0.129 e. The summed E-state index contributed by atoms with van der Waals surface area (Å²) in [5, 5.41) is 2.27. The lowest BCUT2D eigenvalue weighted by Gasteiger charge is -2.15. The zero-order chi connectivity index (χ0) is 9.12. The van der Waals surface area contributed by atoms with Gasteiger partial charge >= 0.3 is 0 Å². The summed E-state index contributed by atoms with van der Waals surface area (Å²) in [5.74, 6) is 0. The van der Waals surface area contributed by atoms with Crippen molar-refractivity contribution in [1.29, 1.82) is 0 Å². The highest BCUT2D eigenvalue weighted by Crippen LogP contribution is 2.24. The standard InChI is InChI=1S/C9H20SSi/c1-9(2,3)10-7-8-11(4,5)6/h7-8H,1-6H3/b8-7+. The molecule has 0 bridgehead atoms. The van der Waals surface area contributed by atoms with E-state index in [9.17, 15) is 0 Å². The number of hydrogen-bond acceptors (Lipinski definition) is 1. The van der Waals surface area contributed by atoms with E-state index in [4.69, 9.17) is 0 Å². The molecule has 66 valence electrons. The summed E-state index contributed by atoms with van der Waals surface area (Å²) in [4.78, 5) is 0. The summed E-state index contributed by atoms with van der Waals surface area (Å²) in [6.07, 6.45) is 0. The van der Waals surface area contributed by atoms with Crippen molar-refractivity contribution in [2.24, 2.45) is 0 Å². The van der Waals surface area contributed by atoms with Crippen molar-refractivity contribution in [2.45, 2.75) is 45.2 Å². The first-order valence-corrected chi connectivity index (χ1v) is 8.52. The highest BCUT2D eigenvalue weighted by molar-refractivity contribution is 8.03. The fraction of sp³-hybridized carbons (Fsp3) is 0.778. The monoisotopic (exact) mass is 188 g/mol. The second-order valence-corrected chi connectivity index (χ2v) is 11.7. The molecule has 0 nitrogen and oxygen atoms in total. The molecule has 0 saturated heterocycles. The first kappa shape index (κ1) is 11.3. The average molecular weight is 188 g/mol. The van der Waals surface area contributed by atoms with E-state index in [-0.39, 0.29) is 0 Å². The van der Waals surface area contributed by atoms with Gasteiger partial charge in [-0.2, -0.15) is 0 Å². The van der Waals surface area contributed by atoms with Crippen LogP contribution in [0, 0.1) is 0 Å². The Morgan fingerprint density at radius 1 is 1.09 bits per heavy atom. The molecule has 0 N–H and O–H groups in total. The summed E-state index contributed by atoms with van der Waals surface area (Å²) in [6, 6.07) is 0. The van der Waals surface area contributed by atoms with Gasteiger partial charge in [0, 0.05) is 4.75 Å². The van der Waals surface area contributed by atoms with Gasteiger partial charge in [-0.1, -0.05) is 46.1 Å². The molecular formula is C9H20SSi. The van der Waals surface area contributed by atoms with Gasteiger partial charge in [-0.3, -0.25) is 0 Å². The van der Waals surface area contributed by atoms with Crippen LogP contribution in [-0.4, -0.2) is 12.8 Å². The van der Waals surface area contributed by atoms with Crippen molar-refractivity contribution in [1.82, 2.24) is 0 Å². The van der Waals surface area contributed by atoms with Crippen molar-refractivity contribution < 1.29 is 0 Å². The lowest BCUT2D eigenvalue weighted by molar-refractivity contribution is 0.808. The van der Waals surface area contributed by atoms with Crippen molar-refractivity contribution in [3.05, 3.63) is 11.1 Å². The molecule has 0 aliphatic rings. The van der Waals surface area contributed by atoms with Gasteiger partial charge in [0.25, 0.3) is 0 Å². The van der Waals surface area contributed by atoms with Gasteiger partial charge in [-0.15, -0.1) is 11.8 Å². The molecule has 0 amide bonds. The quantitative estimate of drug-likeness (QED) is 0.592. The SMILES string of the molecule is CC(C)(C)S/C=C/[Si](C)(C)C. The molecule has 0 rings (SSSR count). The van der Waals surface area contributed by atoms with Gasteiger partial charge in [0.1, 0.15) is 0 Å². The van der Waals surface area contributed by atoms with Gasteiger partial charge in [-0.05, 0) is 5.41 Å². The summed E-state index contributed by atoms with van der Waals surface area (Å²) >= 11 is 1.91. The predicted molar refractivity (Wildman–Crippen MR) is 59.8 cm³/mol. The number of rotatable bonds is 2. The Kier molecular flexibility index (Phi) is 3.92. The molecule has 0 radical (unpaired) electrons. The topological polar surface area (TPSA) is 0 Å². The summed E-state index contributed by atoms with van der Waals surface area (Å²) in [7, 11) is -0.958. The molecule has 0 unspecified atom stereocenters. The largest absolute Gasteiger partial charge is 0.129 e. The fourth-order valence-corrected chi connectivity index (χ4v) is 2.76. The van der Waals surface area contributed by atoms with E-state index < -0.39 is 8.07 Å². The van der Waals surface area contributed by atoms with E-state index in [1.165, 1.54) is 0 Å². The van der Waals surface area contributed by atoms with E-state index in [1.807, 2.05) is 11.8 Å². The Morgan fingerprint density at radius 2 is 1.55 bits per heavy atom. The first-order valence-electron chi connectivity index (χ1n) is 4.06. The number of hydrogen-bond donors (Lipinski definition) is 0. The van der Waals surface area contributed by atoms with Gasteiger partial charge < -0.3 is 0 Å². The minimum absolute atomic E-state index is 0.371. The van der Waals surface area contributed by atoms with E-state index in [2.05, 4.69) is 51.5 Å². The fourth-order valence-electron chi connectivity index (χ4n) is 0.442. The zero-order valence-electron chi connectivity index (χ0n) is 8.56. The third-order valence-electron chi connectivity index (χ3n) is 0.990. The zero-order valence-corrected chi connectivity index (χ0v) is 10.4. The first-order chi connectivity index (χ1) is 4.71. The Bertz CT molecular complexity index is 137. The van der Waals surface area contributed by atoms with Crippen LogP contribution >= 0.6 is 11.8 Å². The maximum absolute atomic E-state index is 2.39. The van der Waals surface area contributed by atoms with Crippen molar-refractivity contribution in [3.8, 4) is 0 Å². The highest BCUT2D eigenvalue weighted by Gasteiger charge is 2.10. The molecule has 0 aromatic carbocycles. The van der Waals surface area contributed by atoms with Crippen molar-refractivity contribution >= 4 is 19.8 Å². The Morgan fingerprint density at radius 3 is 1.82 bits per heavy atom. The van der Waals surface area contributed by atoms with Crippen molar-refractivity contribution in [3.63, 3.8) is 0 Å². The molecule has 0 aromatic rings. The molecule has 0 atom stereocenters. The second-order valence-electron chi connectivity index (χ2n) is 4.90. The molecule has 0 heterocycles. The van der Waals surface area contributed by atoms with Gasteiger partial charge in [-0.25, -0.2) is 0 Å². The van der Waals surface area contributed by atoms with Crippen LogP contribution in [0.5, 0.6) is 0 Å². The molecule has 0 fully saturated rings. The normalized spacial score (nSPS) is 14.4. The summed E-state index contributed by atoms with van der Waals surface area (Å²) in [6.45, 7) is 13.8. The Labute approximate surface area is 76.5 Å². The van der Waals surface area contributed by atoms with Crippen molar-refractivity contribution in [2.75, 3.05) is 0 Å². The van der Waals surface area contributed by atoms with Crippen LogP contribution < -0.4 is 0 Å². The number of thioether (sulfide) groups is 1. The Hall–Kier alpha value is 0.307. The van der Waals surface area contributed by atoms with E-state index in [1.54, 1.807) is 0 Å². The van der Waals surface area contributed by atoms with Gasteiger partial charge in [0.2, 0.25) is 0 Å². The van der Waals surface area contributed by atoms with Crippen LogP contribution in [0.3, 0.4) is 0 Å². The smallest absolute Gasteiger partial charge is 0.0693 e. The molecule has 2 heteroatoms. The van der Waals surface area contributed by atoms with E-state index in [0.29, 0.717) is 4.75 Å². The molecule has 0 spiro atoms. The molecule has 0 aliphatic heterocycles. The molecule has 0 aliphatic carbocycles. The third kappa shape index (κ3) is 10.3. The predicted octanol–water partition coefficient (Wildman–Crippen LogP) is 3.91.